The van der Waals surface area contributed by atoms with Gasteiger partial charge in [-0.25, -0.2) is 0 Å². The zero-order valence-electron chi connectivity index (χ0n) is 11.7. The molecule has 1 rings (SSSR count). The lowest BCUT2D eigenvalue weighted by Crippen LogP contribution is -2.25. The summed E-state index contributed by atoms with van der Waals surface area (Å²) in [5.41, 5.74) is 0.288. The first-order chi connectivity index (χ1) is 9.38. The van der Waals surface area contributed by atoms with E-state index in [0.717, 1.165) is 0 Å². The Morgan fingerprint density at radius 2 is 1.85 bits per heavy atom. The monoisotopic (exact) mass is 288 g/mol. The molecule has 0 saturated carbocycles. The van der Waals surface area contributed by atoms with Gasteiger partial charge in [-0.3, -0.25) is 4.79 Å². The Hall–Kier alpha value is -1.52. The van der Waals surface area contributed by atoms with Gasteiger partial charge in [0.05, 0.1) is 13.0 Å². The van der Waals surface area contributed by atoms with E-state index in [1.807, 2.05) is 6.92 Å². The second-order valence-electron chi connectivity index (χ2n) is 4.74. The van der Waals surface area contributed by atoms with Crippen molar-refractivity contribution in [2.45, 2.75) is 38.8 Å². The number of unbranched alkanes of at least 4 members (excludes halogenated alkanes) is 1. The van der Waals surface area contributed by atoms with E-state index >= 15 is 0 Å². The van der Waals surface area contributed by atoms with Crippen LogP contribution in [0.25, 0.3) is 0 Å². The van der Waals surface area contributed by atoms with Gasteiger partial charge in [-0.05, 0) is 30.7 Å². The molecule has 1 aromatic carbocycles. The van der Waals surface area contributed by atoms with Crippen LogP contribution in [0.2, 0.25) is 0 Å². The molecule has 1 atom stereocenters. The molecular weight excluding hydrogens is 269 g/mol. The van der Waals surface area contributed by atoms with Crippen LogP contribution in [-0.2, 0) is 0 Å². The number of benzene rings is 1. The number of hydrogen-bond acceptors (Lipinski definition) is 2. The van der Waals surface area contributed by atoms with E-state index in [-0.39, 0.29) is 12.0 Å². The number of methoxy groups -OCH3 is 1. The Kier molecular flexibility index (Phi) is 6.05. The third kappa shape index (κ3) is 4.87. The Morgan fingerprint density at radius 3 is 2.30 bits per heavy atom. The number of carbonyl (C=O) groups excluding carboxylic acids is 1. The number of rotatable bonds is 7. The third-order valence-electron chi connectivity index (χ3n) is 3.21. The molecule has 1 aromatic rings. The summed E-state index contributed by atoms with van der Waals surface area (Å²) in [5.74, 6) is -1.47. The van der Waals surface area contributed by atoms with Gasteiger partial charge >= 0.3 is 6.18 Å². The highest BCUT2D eigenvalue weighted by atomic mass is 19.4. The molecule has 1 unspecified atom stereocenters. The molecule has 0 aliphatic heterocycles. The van der Waals surface area contributed by atoms with Crippen LogP contribution in [0, 0.1) is 5.92 Å². The minimum Gasteiger partial charge on any atom is -0.497 e. The van der Waals surface area contributed by atoms with Gasteiger partial charge < -0.3 is 4.74 Å². The van der Waals surface area contributed by atoms with Crippen LogP contribution in [0.4, 0.5) is 13.2 Å². The van der Waals surface area contributed by atoms with Crippen molar-refractivity contribution in [3.05, 3.63) is 29.8 Å². The van der Waals surface area contributed by atoms with Crippen LogP contribution >= 0.6 is 0 Å². The zero-order valence-corrected chi connectivity index (χ0v) is 11.7. The summed E-state index contributed by atoms with van der Waals surface area (Å²) in [4.78, 5) is 11.9. The molecular formula is C15H19F3O2. The van der Waals surface area contributed by atoms with E-state index in [0.29, 0.717) is 18.6 Å². The molecule has 0 aliphatic carbocycles. The van der Waals surface area contributed by atoms with E-state index < -0.39 is 24.3 Å². The van der Waals surface area contributed by atoms with Crippen molar-refractivity contribution in [3.8, 4) is 5.75 Å². The lowest BCUT2D eigenvalue weighted by atomic mass is 9.93. The predicted molar refractivity (Wildman–Crippen MR) is 71.0 cm³/mol. The van der Waals surface area contributed by atoms with Gasteiger partial charge in [0.2, 0.25) is 0 Å². The Bertz CT molecular complexity index is 424. The molecule has 0 bridgehead atoms. The second kappa shape index (κ2) is 7.31. The van der Waals surface area contributed by atoms with E-state index in [9.17, 15) is 18.0 Å². The second-order valence-corrected chi connectivity index (χ2v) is 4.74. The smallest absolute Gasteiger partial charge is 0.392 e. The standard InChI is InChI=1S/C15H19F3O2/c1-3-4-5-12(15(16,17)18)10-14(19)11-6-8-13(20-2)9-7-11/h6-9,12H,3-5,10H2,1-2H3. The Morgan fingerprint density at radius 1 is 1.25 bits per heavy atom. The van der Waals surface area contributed by atoms with Crippen molar-refractivity contribution < 1.29 is 22.7 Å². The maximum Gasteiger partial charge on any atom is 0.392 e. The Balaban J connectivity index is 2.73. The minimum atomic E-state index is -4.32. The van der Waals surface area contributed by atoms with Crippen LogP contribution in [0.3, 0.4) is 0 Å². The summed E-state index contributed by atoms with van der Waals surface area (Å²) in [6, 6.07) is 6.13. The zero-order chi connectivity index (χ0) is 15.2. The number of Topliss-reactive ketones (excluding diaryl/α,β-unsaturated/α-hetero) is 1. The molecule has 0 aliphatic rings. The number of halogens is 3. The third-order valence-corrected chi connectivity index (χ3v) is 3.21. The highest BCUT2D eigenvalue weighted by Crippen LogP contribution is 2.33. The van der Waals surface area contributed by atoms with Crippen LogP contribution in [0.1, 0.15) is 43.0 Å². The number of hydrogen-bond donors (Lipinski definition) is 0. The van der Waals surface area contributed by atoms with Crippen LogP contribution in [0.5, 0.6) is 5.75 Å². The highest BCUT2D eigenvalue weighted by molar-refractivity contribution is 5.96. The first-order valence-corrected chi connectivity index (χ1v) is 6.62. The van der Waals surface area contributed by atoms with Crippen LogP contribution < -0.4 is 4.74 Å². The first kappa shape index (κ1) is 16.5. The fourth-order valence-corrected chi connectivity index (χ4v) is 1.95. The van der Waals surface area contributed by atoms with Gasteiger partial charge in [-0.15, -0.1) is 0 Å². The molecule has 0 N–H and O–H groups in total. The van der Waals surface area contributed by atoms with Crippen molar-refractivity contribution in [1.82, 2.24) is 0 Å². The summed E-state index contributed by atoms with van der Waals surface area (Å²) in [6.45, 7) is 1.83. The van der Waals surface area contributed by atoms with Crippen molar-refractivity contribution in [1.29, 1.82) is 0 Å². The van der Waals surface area contributed by atoms with Crippen molar-refractivity contribution in [3.63, 3.8) is 0 Å². The van der Waals surface area contributed by atoms with Gasteiger partial charge in [0.25, 0.3) is 0 Å². The highest BCUT2D eigenvalue weighted by Gasteiger charge is 2.40. The molecule has 0 amide bonds. The van der Waals surface area contributed by atoms with Gasteiger partial charge in [0.15, 0.2) is 5.78 Å². The van der Waals surface area contributed by atoms with Crippen molar-refractivity contribution in [2.75, 3.05) is 7.11 Å². The molecule has 0 spiro atoms. The largest absolute Gasteiger partial charge is 0.497 e. The summed E-state index contributed by atoms with van der Waals surface area (Å²) in [5, 5.41) is 0. The normalized spacial score (nSPS) is 13.1. The molecule has 5 heteroatoms. The van der Waals surface area contributed by atoms with Crippen molar-refractivity contribution in [2.24, 2.45) is 5.92 Å². The lowest BCUT2D eigenvalue weighted by Gasteiger charge is -2.19. The van der Waals surface area contributed by atoms with E-state index in [4.69, 9.17) is 4.74 Å². The lowest BCUT2D eigenvalue weighted by molar-refractivity contribution is -0.175. The van der Waals surface area contributed by atoms with Crippen LogP contribution in [-0.4, -0.2) is 19.1 Å². The van der Waals surface area contributed by atoms with Gasteiger partial charge in [0.1, 0.15) is 5.75 Å². The average Bonchev–Trinajstić information content (AvgIpc) is 2.42. The number of alkyl halides is 3. The van der Waals surface area contributed by atoms with E-state index in [1.54, 1.807) is 12.1 Å². The number of carbonyl (C=O) groups is 1. The predicted octanol–water partition coefficient (Wildman–Crippen LogP) is 4.64. The summed E-state index contributed by atoms with van der Waals surface area (Å²) in [6.07, 6.45) is -3.65. The SMILES string of the molecule is CCCCC(CC(=O)c1ccc(OC)cc1)C(F)(F)F. The minimum absolute atomic E-state index is 0.00188. The number of ether oxygens (including phenoxy) is 1. The fourth-order valence-electron chi connectivity index (χ4n) is 1.95. The Labute approximate surface area is 116 Å². The maximum absolute atomic E-state index is 12.9. The topological polar surface area (TPSA) is 26.3 Å². The van der Waals surface area contributed by atoms with Gasteiger partial charge in [-0.2, -0.15) is 13.2 Å². The quantitative estimate of drug-likeness (QED) is 0.683. The molecule has 0 fully saturated rings. The number of ketones is 1. The maximum atomic E-state index is 12.9. The fraction of sp³-hybridized carbons (Fsp3) is 0.533. The van der Waals surface area contributed by atoms with Gasteiger partial charge in [0, 0.05) is 12.0 Å². The first-order valence-electron chi connectivity index (χ1n) is 6.62. The van der Waals surface area contributed by atoms with E-state index in [1.165, 1.54) is 19.2 Å². The van der Waals surface area contributed by atoms with Crippen molar-refractivity contribution >= 4 is 5.78 Å². The summed E-state index contributed by atoms with van der Waals surface area (Å²) >= 11 is 0. The molecule has 20 heavy (non-hydrogen) atoms. The molecule has 0 heterocycles. The van der Waals surface area contributed by atoms with Gasteiger partial charge in [-0.1, -0.05) is 19.8 Å². The van der Waals surface area contributed by atoms with Crippen LogP contribution in [0.15, 0.2) is 24.3 Å². The molecule has 0 radical (unpaired) electrons. The summed E-state index contributed by atoms with van der Waals surface area (Å²) in [7, 11) is 1.49. The summed E-state index contributed by atoms with van der Waals surface area (Å²) < 4.78 is 43.5. The van der Waals surface area contributed by atoms with E-state index in [2.05, 4.69) is 0 Å². The average molecular weight is 288 g/mol. The molecule has 0 saturated heterocycles. The molecule has 0 aromatic heterocycles. The molecule has 112 valence electrons. The molecule has 2 nitrogen and oxygen atoms in total.